The van der Waals surface area contributed by atoms with E-state index in [4.69, 9.17) is 15.2 Å². The Balaban J connectivity index is 2.17. The fourth-order valence-corrected chi connectivity index (χ4v) is 2.81. The van der Waals surface area contributed by atoms with Crippen LogP contribution in [0.3, 0.4) is 0 Å². The zero-order valence-electron chi connectivity index (χ0n) is 12.9. The Labute approximate surface area is 126 Å². The molecule has 0 amide bonds. The van der Waals surface area contributed by atoms with Gasteiger partial charge in [0.2, 0.25) is 0 Å². The first-order valence-corrected chi connectivity index (χ1v) is 7.74. The van der Waals surface area contributed by atoms with Gasteiger partial charge in [0.15, 0.2) is 0 Å². The minimum absolute atomic E-state index is 0.140. The third-order valence-electron chi connectivity index (χ3n) is 4.09. The highest BCUT2D eigenvalue weighted by Crippen LogP contribution is 2.30. The molecule has 1 aromatic carbocycles. The summed E-state index contributed by atoms with van der Waals surface area (Å²) in [6.07, 6.45) is 2.58. The number of hydrogen-bond acceptors (Lipinski definition) is 4. The molecular weight excluding hydrogens is 266 g/mol. The number of carbonyl (C=O) groups excluding carboxylic acids is 1. The Bertz CT molecular complexity index is 463. The Morgan fingerprint density at radius 1 is 1.38 bits per heavy atom. The molecule has 0 bridgehead atoms. The molecule has 0 saturated carbocycles. The number of nitrogens with two attached hydrogens (primary N) is 1. The van der Waals surface area contributed by atoms with Crippen LogP contribution < -0.4 is 5.73 Å². The largest absolute Gasteiger partial charge is 0.466 e. The second-order valence-electron chi connectivity index (χ2n) is 5.67. The summed E-state index contributed by atoms with van der Waals surface area (Å²) in [5.74, 6) is -0.323. The summed E-state index contributed by atoms with van der Waals surface area (Å²) in [6, 6.07) is 8.04. The Hall–Kier alpha value is -1.39. The van der Waals surface area contributed by atoms with Crippen LogP contribution in [0.4, 0.5) is 0 Å². The molecule has 0 aromatic heterocycles. The fourth-order valence-electron chi connectivity index (χ4n) is 2.81. The highest BCUT2D eigenvalue weighted by atomic mass is 16.5. The lowest BCUT2D eigenvalue weighted by Crippen LogP contribution is -2.36. The first-order valence-electron chi connectivity index (χ1n) is 7.74. The van der Waals surface area contributed by atoms with Gasteiger partial charge in [-0.05, 0) is 30.9 Å². The van der Waals surface area contributed by atoms with Gasteiger partial charge in [-0.3, -0.25) is 4.79 Å². The summed E-state index contributed by atoms with van der Waals surface area (Å²) in [5.41, 5.74) is 8.04. The third-order valence-corrected chi connectivity index (χ3v) is 4.09. The van der Waals surface area contributed by atoms with E-state index in [1.807, 2.05) is 31.2 Å². The average Bonchev–Trinajstić information content (AvgIpc) is 2.93. The van der Waals surface area contributed by atoms with E-state index in [2.05, 4.69) is 6.92 Å². The van der Waals surface area contributed by atoms with Crippen molar-refractivity contribution in [2.75, 3.05) is 19.8 Å². The van der Waals surface area contributed by atoms with E-state index in [1.54, 1.807) is 0 Å². The predicted molar refractivity (Wildman–Crippen MR) is 82.0 cm³/mol. The van der Waals surface area contributed by atoms with Crippen molar-refractivity contribution in [3.63, 3.8) is 0 Å². The van der Waals surface area contributed by atoms with Crippen molar-refractivity contribution in [3.8, 4) is 0 Å². The Morgan fingerprint density at radius 2 is 2.10 bits per heavy atom. The van der Waals surface area contributed by atoms with Gasteiger partial charge in [0, 0.05) is 6.61 Å². The van der Waals surface area contributed by atoms with Crippen LogP contribution in [0.2, 0.25) is 0 Å². The maximum Gasteiger partial charge on any atom is 0.313 e. The molecule has 0 spiro atoms. The molecule has 2 N–H and O–H groups in total. The fraction of sp³-hybridized carbons (Fsp3) is 0.588. The molecule has 21 heavy (non-hydrogen) atoms. The van der Waals surface area contributed by atoms with Crippen LogP contribution in [-0.4, -0.2) is 25.8 Å². The van der Waals surface area contributed by atoms with Gasteiger partial charge in [0.05, 0.1) is 24.7 Å². The molecule has 1 fully saturated rings. The normalized spacial score (nSPS) is 23.0. The second-order valence-corrected chi connectivity index (χ2v) is 5.67. The number of hydrogen-bond donors (Lipinski definition) is 1. The molecule has 1 aliphatic heterocycles. The molecule has 116 valence electrons. The maximum absolute atomic E-state index is 12.1. The zero-order valence-corrected chi connectivity index (χ0v) is 12.9. The Kier molecular flexibility index (Phi) is 5.37. The van der Waals surface area contributed by atoms with Crippen molar-refractivity contribution in [1.29, 1.82) is 0 Å². The SMILES string of the molecule is CCCC(C(=O)OCC)c1ccc(C2(N)CCOC2)cc1. The first-order chi connectivity index (χ1) is 10.1. The van der Waals surface area contributed by atoms with Crippen molar-refractivity contribution in [2.45, 2.75) is 44.6 Å². The molecule has 1 saturated heterocycles. The second kappa shape index (κ2) is 7.05. The molecule has 0 aliphatic carbocycles. The van der Waals surface area contributed by atoms with Crippen LogP contribution in [0, 0.1) is 0 Å². The lowest BCUT2D eigenvalue weighted by Gasteiger charge is -2.23. The number of rotatable bonds is 6. The summed E-state index contributed by atoms with van der Waals surface area (Å²) in [7, 11) is 0. The van der Waals surface area contributed by atoms with E-state index in [-0.39, 0.29) is 17.4 Å². The summed E-state index contributed by atoms with van der Waals surface area (Å²) in [6.45, 7) is 5.59. The smallest absolute Gasteiger partial charge is 0.313 e. The quantitative estimate of drug-likeness (QED) is 0.819. The van der Waals surface area contributed by atoms with Gasteiger partial charge in [0.25, 0.3) is 0 Å². The summed E-state index contributed by atoms with van der Waals surface area (Å²) >= 11 is 0. The molecule has 1 heterocycles. The Morgan fingerprint density at radius 3 is 2.62 bits per heavy atom. The lowest BCUT2D eigenvalue weighted by atomic mass is 9.87. The molecular formula is C17H25NO3. The highest BCUT2D eigenvalue weighted by molar-refractivity contribution is 5.78. The summed E-state index contributed by atoms with van der Waals surface area (Å²) < 4.78 is 10.6. The molecule has 2 atom stereocenters. The van der Waals surface area contributed by atoms with Gasteiger partial charge in [-0.2, -0.15) is 0 Å². The van der Waals surface area contributed by atoms with Crippen LogP contribution in [0.25, 0.3) is 0 Å². The van der Waals surface area contributed by atoms with Gasteiger partial charge in [-0.25, -0.2) is 0 Å². The average molecular weight is 291 g/mol. The van der Waals surface area contributed by atoms with Crippen LogP contribution in [0.1, 0.15) is 50.2 Å². The van der Waals surface area contributed by atoms with Gasteiger partial charge in [-0.1, -0.05) is 37.6 Å². The predicted octanol–water partition coefficient (Wildman–Crippen LogP) is 2.71. The van der Waals surface area contributed by atoms with E-state index in [1.165, 1.54) is 0 Å². The van der Waals surface area contributed by atoms with E-state index < -0.39 is 0 Å². The third kappa shape index (κ3) is 3.63. The van der Waals surface area contributed by atoms with Gasteiger partial charge in [-0.15, -0.1) is 0 Å². The zero-order chi connectivity index (χ0) is 15.3. The van der Waals surface area contributed by atoms with Crippen molar-refractivity contribution in [2.24, 2.45) is 5.73 Å². The van der Waals surface area contributed by atoms with Gasteiger partial charge >= 0.3 is 5.97 Å². The molecule has 2 rings (SSSR count). The molecule has 4 heteroatoms. The van der Waals surface area contributed by atoms with E-state index in [0.717, 1.165) is 30.4 Å². The van der Waals surface area contributed by atoms with Crippen LogP contribution in [-0.2, 0) is 19.8 Å². The van der Waals surface area contributed by atoms with E-state index in [9.17, 15) is 4.79 Å². The first kappa shape index (κ1) is 16.0. The van der Waals surface area contributed by atoms with Crippen molar-refractivity contribution in [1.82, 2.24) is 0 Å². The molecule has 1 aromatic rings. The minimum atomic E-state index is -0.386. The molecule has 2 unspecified atom stereocenters. The molecule has 1 aliphatic rings. The lowest BCUT2D eigenvalue weighted by molar-refractivity contribution is -0.145. The monoisotopic (exact) mass is 291 g/mol. The van der Waals surface area contributed by atoms with Crippen molar-refractivity contribution in [3.05, 3.63) is 35.4 Å². The van der Waals surface area contributed by atoms with Crippen LogP contribution in [0.15, 0.2) is 24.3 Å². The summed E-state index contributed by atoms with van der Waals surface area (Å²) in [4.78, 5) is 12.1. The van der Waals surface area contributed by atoms with Crippen LogP contribution >= 0.6 is 0 Å². The number of ether oxygens (including phenoxy) is 2. The number of benzene rings is 1. The molecule has 0 radical (unpaired) electrons. The highest BCUT2D eigenvalue weighted by Gasteiger charge is 2.32. The standard InChI is InChI=1S/C17H25NO3/c1-3-5-15(16(19)21-4-2)13-6-8-14(9-7-13)17(18)10-11-20-12-17/h6-9,15H,3-5,10-12,18H2,1-2H3. The summed E-state index contributed by atoms with van der Waals surface area (Å²) in [5, 5.41) is 0. The number of carbonyl (C=O) groups is 1. The van der Waals surface area contributed by atoms with Gasteiger partial charge in [0.1, 0.15) is 0 Å². The minimum Gasteiger partial charge on any atom is -0.466 e. The maximum atomic E-state index is 12.1. The number of esters is 1. The van der Waals surface area contributed by atoms with Crippen LogP contribution in [0.5, 0.6) is 0 Å². The van der Waals surface area contributed by atoms with Crippen molar-refractivity contribution >= 4 is 5.97 Å². The molecule has 4 nitrogen and oxygen atoms in total. The van der Waals surface area contributed by atoms with E-state index in [0.29, 0.717) is 19.8 Å². The van der Waals surface area contributed by atoms with E-state index >= 15 is 0 Å². The van der Waals surface area contributed by atoms with Gasteiger partial charge < -0.3 is 15.2 Å². The van der Waals surface area contributed by atoms with Crippen molar-refractivity contribution < 1.29 is 14.3 Å². The topological polar surface area (TPSA) is 61.5 Å².